The number of phenols is 1. The molecule has 27 heavy (non-hydrogen) atoms. The van der Waals surface area contributed by atoms with Crippen LogP contribution in [0.25, 0.3) is 0 Å². The van der Waals surface area contributed by atoms with Crippen molar-refractivity contribution in [2.75, 3.05) is 0 Å². The minimum absolute atomic E-state index is 0.00833. The number of hydrogen-bond acceptors (Lipinski definition) is 4. The first kappa shape index (κ1) is 18.9. The molecule has 0 saturated heterocycles. The van der Waals surface area contributed by atoms with Crippen molar-refractivity contribution in [1.29, 1.82) is 0 Å². The van der Waals surface area contributed by atoms with Crippen molar-refractivity contribution < 1.29 is 9.90 Å². The monoisotopic (exact) mass is 402 g/mol. The Kier molecular flexibility index (Phi) is 5.78. The molecule has 0 aliphatic rings. The molecule has 2 aromatic carbocycles. The summed E-state index contributed by atoms with van der Waals surface area (Å²) in [5.74, 6) is -0.432. The highest BCUT2D eigenvalue weighted by Gasteiger charge is 2.12. The number of hydrazone groups is 1. The topological polar surface area (TPSA) is 79.5 Å². The highest BCUT2D eigenvalue weighted by atomic mass is 35.5. The fraction of sp³-hybridized carbons (Fsp3) is 0.105. The molecule has 3 rings (SSSR count). The number of nitrogens with one attached hydrogen (secondary N) is 1. The average Bonchev–Trinajstić information content (AvgIpc) is 2.91. The number of carbonyl (C=O) groups is 1. The second-order valence-corrected chi connectivity index (χ2v) is 6.62. The van der Waals surface area contributed by atoms with Gasteiger partial charge in [-0.3, -0.25) is 4.79 Å². The van der Waals surface area contributed by atoms with E-state index in [2.05, 4.69) is 15.6 Å². The standard InChI is InChI=1S/C19H16Cl2N4O2/c1-12-17(10-22-23-19(27)14-3-2-4-16(26)9-14)18(21)25(24-12)11-13-5-7-15(20)8-6-13/h2-10,26H,11H2,1H3,(H,23,27)/b22-10+. The minimum atomic E-state index is -0.440. The van der Waals surface area contributed by atoms with E-state index in [0.717, 1.165) is 5.56 Å². The number of aromatic hydroxyl groups is 1. The van der Waals surface area contributed by atoms with Crippen molar-refractivity contribution in [2.45, 2.75) is 13.5 Å². The first-order valence-electron chi connectivity index (χ1n) is 8.04. The number of phenolic OH excluding ortho intramolecular Hbond substituents is 1. The average molecular weight is 403 g/mol. The van der Waals surface area contributed by atoms with Crippen LogP contribution in [0.4, 0.5) is 0 Å². The Morgan fingerprint density at radius 1 is 1.26 bits per heavy atom. The van der Waals surface area contributed by atoms with Crippen molar-refractivity contribution in [3.05, 3.63) is 81.1 Å². The third kappa shape index (κ3) is 4.67. The van der Waals surface area contributed by atoms with Gasteiger partial charge in [0.2, 0.25) is 0 Å². The molecule has 1 heterocycles. The summed E-state index contributed by atoms with van der Waals surface area (Å²) in [6.07, 6.45) is 1.45. The molecule has 0 saturated carbocycles. The Labute approximate surface area is 166 Å². The van der Waals surface area contributed by atoms with Crippen molar-refractivity contribution in [1.82, 2.24) is 15.2 Å². The number of nitrogens with zero attached hydrogens (tertiary/aromatic N) is 3. The highest BCUT2D eigenvalue weighted by molar-refractivity contribution is 6.32. The van der Waals surface area contributed by atoms with E-state index in [1.165, 1.54) is 18.3 Å². The van der Waals surface area contributed by atoms with E-state index >= 15 is 0 Å². The number of aromatic nitrogens is 2. The number of rotatable bonds is 5. The largest absolute Gasteiger partial charge is 0.508 e. The van der Waals surface area contributed by atoms with Crippen LogP contribution >= 0.6 is 23.2 Å². The summed E-state index contributed by atoms with van der Waals surface area (Å²) in [4.78, 5) is 12.0. The predicted molar refractivity (Wildman–Crippen MR) is 106 cm³/mol. The molecule has 6 nitrogen and oxygen atoms in total. The lowest BCUT2D eigenvalue weighted by atomic mass is 10.2. The molecule has 2 N–H and O–H groups in total. The van der Waals surface area contributed by atoms with Gasteiger partial charge in [-0.15, -0.1) is 0 Å². The number of amides is 1. The molecule has 8 heteroatoms. The highest BCUT2D eigenvalue weighted by Crippen LogP contribution is 2.20. The number of hydrogen-bond donors (Lipinski definition) is 2. The number of halogens is 2. The molecular formula is C19H16Cl2N4O2. The van der Waals surface area contributed by atoms with Crippen LogP contribution in [0.1, 0.15) is 27.2 Å². The Morgan fingerprint density at radius 3 is 2.70 bits per heavy atom. The molecule has 138 valence electrons. The molecule has 0 unspecified atom stereocenters. The Hall–Kier alpha value is -2.83. The zero-order valence-electron chi connectivity index (χ0n) is 14.4. The molecule has 3 aromatic rings. The number of benzene rings is 2. The molecule has 0 aliphatic heterocycles. The lowest BCUT2D eigenvalue weighted by Crippen LogP contribution is -2.17. The number of aryl methyl sites for hydroxylation is 1. The molecular weight excluding hydrogens is 387 g/mol. The molecule has 0 fully saturated rings. The van der Waals surface area contributed by atoms with Gasteiger partial charge in [0.05, 0.1) is 24.0 Å². The molecule has 1 amide bonds. The van der Waals surface area contributed by atoms with Gasteiger partial charge in [0.25, 0.3) is 5.91 Å². The third-order valence-corrected chi connectivity index (χ3v) is 4.47. The molecule has 0 radical (unpaired) electrons. The Morgan fingerprint density at radius 2 is 2.00 bits per heavy atom. The fourth-order valence-corrected chi connectivity index (χ4v) is 2.86. The van der Waals surface area contributed by atoms with Crippen molar-refractivity contribution in [3.63, 3.8) is 0 Å². The number of carbonyl (C=O) groups excluding carboxylic acids is 1. The molecule has 0 spiro atoms. The molecule has 0 aliphatic carbocycles. The summed E-state index contributed by atoms with van der Waals surface area (Å²) in [5, 5.41) is 18.9. The van der Waals surface area contributed by atoms with Crippen LogP contribution in [-0.2, 0) is 6.54 Å². The van der Waals surface area contributed by atoms with Crippen LogP contribution in [0.3, 0.4) is 0 Å². The van der Waals surface area contributed by atoms with Gasteiger partial charge in [0, 0.05) is 10.6 Å². The summed E-state index contributed by atoms with van der Waals surface area (Å²) in [6, 6.07) is 13.4. The maximum Gasteiger partial charge on any atom is 0.271 e. The van der Waals surface area contributed by atoms with E-state index in [0.29, 0.717) is 33.5 Å². The van der Waals surface area contributed by atoms with Crippen LogP contribution in [0.5, 0.6) is 5.75 Å². The summed E-state index contributed by atoms with van der Waals surface area (Å²) in [7, 11) is 0. The van der Waals surface area contributed by atoms with Gasteiger partial charge in [-0.25, -0.2) is 10.1 Å². The third-order valence-electron chi connectivity index (χ3n) is 3.82. The van der Waals surface area contributed by atoms with Crippen LogP contribution in [0, 0.1) is 6.92 Å². The summed E-state index contributed by atoms with van der Waals surface area (Å²) in [5.41, 5.74) is 5.00. The maximum absolute atomic E-state index is 12.0. The van der Waals surface area contributed by atoms with Gasteiger partial charge in [0.15, 0.2) is 0 Å². The molecule has 1 aromatic heterocycles. The quantitative estimate of drug-likeness (QED) is 0.499. The SMILES string of the molecule is Cc1nn(Cc2ccc(Cl)cc2)c(Cl)c1/C=N/NC(=O)c1cccc(O)c1. The van der Waals surface area contributed by atoms with E-state index in [1.54, 1.807) is 28.9 Å². The van der Waals surface area contributed by atoms with E-state index in [9.17, 15) is 9.90 Å². The van der Waals surface area contributed by atoms with Gasteiger partial charge in [-0.1, -0.05) is 41.4 Å². The van der Waals surface area contributed by atoms with E-state index in [4.69, 9.17) is 23.2 Å². The summed E-state index contributed by atoms with van der Waals surface area (Å²) >= 11 is 12.3. The van der Waals surface area contributed by atoms with Crippen molar-refractivity contribution in [2.24, 2.45) is 5.10 Å². The Balaban J connectivity index is 1.71. The summed E-state index contributed by atoms with van der Waals surface area (Å²) < 4.78 is 1.65. The van der Waals surface area contributed by atoms with Crippen LogP contribution in [0.15, 0.2) is 53.6 Å². The minimum Gasteiger partial charge on any atom is -0.508 e. The van der Waals surface area contributed by atoms with Gasteiger partial charge >= 0.3 is 0 Å². The van der Waals surface area contributed by atoms with E-state index < -0.39 is 5.91 Å². The van der Waals surface area contributed by atoms with Crippen LogP contribution < -0.4 is 5.43 Å². The lowest BCUT2D eigenvalue weighted by Gasteiger charge is -2.03. The van der Waals surface area contributed by atoms with E-state index in [-0.39, 0.29) is 5.75 Å². The van der Waals surface area contributed by atoms with Gasteiger partial charge in [0.1, 0.15) is 10.9 Å². The second kappa shape index (κ2) is 8.24. The predicted octanol–water partition coefficient (Wildman–Crippen LogP) is 4.02. The first-order chi connectivity index (χ1) is 12.9. The molecule has 0 atom stereocenters. The first-order valence-corrected chi connectivity index (χ1v) is 8.79. The normalized spacial score (nSPS) is 11.1. The second-order valence-electron chi connectivity index (χ2n) is 5.82. The van der Waals surface area contributed by atoms with Crippen molar-refractivity contribution >= 4 is 35.3 Å². The summed E-state index contributed by atoms with van der Waals surface area (Å²) in [6.45, 7) is 2.29. The van der Waals surface area contributed by atoms with Gasteiger partial charge in [-0.2, -0.15) is 10.2 Å². The van der Waals surface area contributed by atoms with Crippen LogP contribution in [0.2, 0.25) is 10.2 Å². The van der Waals surface area contributed by atoms with Crippen molar-refractivity contribution in [3.8, 4) is 5.75 Å². The van der Waals surface area contributed by atoms with Gasteiger partial charge in [-0.05, 0) is 42.8 Å². The zero-order chi connectivity index (χ0) is 19.4. The lowest BCUT2D eigenvalue weighted by molar-refractivity contribution is 0.0954. The zero-order valence-corrected chi connectivity index (χ0v) is 15.9. The maximum atomic E-state index is 12.0. The smallest absolute Gasteiger partial charge is 0.271 e. The fourth-order valence-electron chi connectivity index (χ4n) is 2.45. The molecule has 0 bridgehead atoms. The van der Waals surface area contributed by atoms with Gasteiger partial charge < -0.3 is 5.11 Å². The van der Waals surface area contributed by atoms with E-state index in [1.807, 2.05) is 19.1 Å². The van der Waals surface area contributed by atoms with Crippen LogP contribution in [-0.4, -0.2) is 27.0 Å². The Bertz CT molecular complexity index is 997.